The van der Waals surface area contributed by atoms with Crippen molar-refractivity contribution in [3.05, 3.63) is 0 Å². The van der Waals surface area contributed by atoms with Crippen LogP contribution in [-0.2, 0) is 0 Å². The molecular weight excluding hydrogens is 126 g/mol. The Bertz CT molecular complexity index is 113. The summed E-state index contributed by atoms with van der Waals surface area (Å²) in [5, 5.41) is 10.1. The van der Waals surface area contributed by atoms with Gasteiger partial charge in [-0.05, 0) is 6.42 Å². The first-order chi connectivity index (χ1) is 3.66. The van der Waals surface area contributed by atoms with Crippen LogP contribution in [0, 0.1) is 0 Å². The van der Waals surface area contributed by atoms with Crippen LogP contribution >= 0.6 is 12.2 Å². The molecule has 0 saturated carbocycles. The lowest BCUT2D eigenvalue weighted by Crippen LogP contribution is -2.25. The molecule has 0 heterocycles. The number of carboxylic acid groups (broad SMARTS) is 1. The van der Waals surface area contributed by atoms with Crippen molar-refractivity contribution in [3.8, 4) is 0 Å². The number of hydrogen-bond donors (Lipinski definition) is 2. The molecule has 0 aromatic heterocycles. The molecule has 0 atom stereocenters. The van der Waals surface area contributed by atoms with E-state index < -0.39 is 6.09 Å². The SMILES string of the molecule is CCC(=S)NC(=O)O. The lowest BCUT2D eigenvalue weighted by molar-refractivity contribution is 0.200. The van der Waals surface area contributed by atoms with Crippen molar-refractivity contribution in [2.45, 2.75) is 13.3 Å². The number of hydrogen-bond acceptors (Lipinski definition) is 2. The van der Waals surface area contributed by atoms with Crippen LogP contribution < -0.4 is 5.32 Å². The van der Waals surface area contributed by atoms with Gasteiger partial charge in [-0.15, -0.1) is 0 Å². The van der Waals surface area contributed by atoms with Gasteiger partial charge < -0.3 is 5.11 Å². The van der Waals surface area contributed by atoms with Crippen LogP contribution in [-0.4, -0.2) is 16.2 Å². The monoisotopic (exact) mass is 133 g/mol. The third-order valence-corrected chi connectivity index (χ3v) is 0.958. The zero-order valence-corrected chi connectivity index (χ0v) is 5.29. The smallest absolute Gasteiger partial charge is 0.409 e. The lowest BCUT2D eigenvalue weighted by Gasteiger charge is -1.95. The summed E-state index contributed by atoms with van der Waals surface area (Å²) in [5.74, 6) is 0. The molecule has 0 aromatic carbocycles. The van der Waals surface area contributed by atoms with Gasteiger partial charge in [0.1, 0.15) is 0 Å². The topological polar surface area (TPSA) is 49.3 Å². The highest BCUT2D eigenvalue weighted by Crippen LogP contribution is 1.77. The molecule has 0 radical (unpaired) electrons. The average molecular weight is 133 g/mol. The van der Waals surface area contributed by atoms with Crippen LogP contribution in [0.3, 0.4) is 0 Å². The van der Waals surface area contributed by atoms with Crippen LogP contribution in [0.25, 0.3) is 0 Å². The highest BCUT2D eigenvalue weighted by Gasteiger charge is 1.94. The van der Waals surface area contributed by atoms with Crippen molar-refractivity contribution in [3.63, 3.8) is 0 Å². The van der Waals surface area contributed by atoms with Gasteiger partial charge in [0.2, 0.25) is 0 Å². The van der Waals surface area contributed by atoms with Crippen LogP contribution in [0.1, 0.15) is 13.3 Å². The van der Waals surface area contributed by atoms with E-state index in [2.05, 4.69) is 12.2 Å². The number of rotatable bonds is 1. The van der Waals surface area contributed by atoms with E-state index in [0.717, 1.165) is 0 Å². The van der Waals surface area contributed by atoms with Gasteiger partial charge in [0, 0.05) is 0 Å². The zero-order chi connectivity index (χ0) is 6.57. The van der Waals surface area contributed by atoms with E-state index >= 15 is 0 Å². The Morgan fingerprint density at radius 1 is 1.88 bits per heavy atom. The van der Waals surface area contributed by atoms with Gasteiger partial charge in [0.25, 0.3) is 0 Å². The van der Waals surface area contributed by atoms with E-state index in [1.807, 2.05) is 5.32 Å². The summed E-state index contributed by atoms with van der Waals surface area (Å²) >= 11 is 4.54. The molecule has 0 aromatic rings. The van der Waals surface area contributed by atoms with Gasteiger partial charge in [-0.3, -0.25) is 5.32 Å². The maximum absolute atomic E-state index is 9.77. The molecule has 1 amide bonds. The number of nitrogens with one attached hydrogen (secondary N) is 1. The van der Waals surface area contributed by atoms with Crippen LogP contribution in [0.15, 0.2) is 0 Å². The highest BCUT2D eigenvalue weighted by atomic mass is 32.1. The molecule has 0 aliphatic carbocycles. The van der Waals surface area contributed by atoms with Crippen LogP contribution in [0.2, 0.25) is 0 Å². The molecule has 3 nitrogen and oxygen atoms in total. The maximum Gasteiger partial charge on any atom is 0.409 e. The van der Waals surface area contributed by atoms with E-state index in [1.54, 1.807) is 6.92 Å². The molecule has 4 heteroatoms. The Kier molecular flexibility index (Phi) is 3.10. The second-order valence-corrected chi connectivity index (χ2v) is 1.70. The first-order valence-corrected chi connectivity index (χ1v) is 2.60. The summed E-state index contributed by atoms with van der Waals surface area (Å²) in [5.41, 5.74) is 0. The second kappa shape index (κ2) is 3.37. The predicted octanol–water partition coefficient (Wildman–Crippen LogP) is 0.991. The normalized spacial score (nSPS) is 8.12. The van der Waals surface area contributed by atoms with E-state index in [9.17, 15) is 4.79 Å². The molecule has 46 valence electrons. The third-order valence-electron chi connectivity index (χ3n) is 0.567. The quantitative estimate of drug-likeness (QED) is 0.524. The van der Waals surface area contributed by atoms with Crippen molar-refractivity contribution < 1.29 is 9.90 Å². The first-order valence-electron chi connectivity index (χ1n) is 2.19. The van der Waals surface area contributed by atoms with Gasteiger partial charge in [0.15, 0.2) is 0 Å². The minimum atomic E-state index is -1.09. The zero-order valence-electron chi connectivity index (χ0n) is 4.47. The van der Waals surface area contributed by atoms with Gasteiger partial charge in [-0.1, -0.05) is 19.1 Å². The van der Waals surface area contributed by atoms with E-state index in [-0.39, 0.29) is 0 Å². The third kappa shape index (κ3) is 3.55. The van der Waals surface area contributed by atoms with Crippen molar-refractivity contribution in [1.29, 1.82) is 0 Å². The molecule has 0 rings (SSSR count). The second-order valence-electron chi connectivity index (χ2n) is 1.21. The standard InChI is InChI=1S/C4H7NO2S/c1-2-3(8)5-4(6)7/h2H2,1H3,(H,5,8)(H,6,7). The van der Waals surface area contributed by atoms with Gasteiger partial charge in [-0.2, -0.15) is 0 Å². The summed E-state index contributed by atoms with van der Waals surface area (Å²) in [6.07, 6.45) is -0.515. The molecule has 0 aliphatic rings. The molecule has 0 aliphatic heterocycles. The minimum Gasteiger partial charge on any atom is -0.465 e. The minimum absolute atomic E-state index is 0.359. The number of thiocarbonyl (C=S) groups is 1. The Morgan fingerprint density at radius 3 is 2.50 bits per heavy atom. The van der Waals surface area contributed by atoms with Crippen molar-refractivity contribution in [1.82, 2.24) is 5.32 Å². The maximum atomic E-state index is 9.77. The average Bonchev–Trinajstić information content (AvgIpc) is 1.65. The van der Waals surface area contributed by atoms with Crippen LogP contribution in [0.4, 0.5) is 4.79 Å². The van der Waals surface area contributed by atoms with Crippen LogP contribution in [0.5, 0.6) is 0 Å². The Labute approximate surface area is 52.7 Å². The fourth-order valence-corrected chi connectivity index (χ4v) is 0.295. The molecule has 0 spiro atoms. The van der Waals surface area contributed by atoms with Crippen molar-refractivity contribution in [2.24, 2.45) is 0 Å². The Hall–Kier alpha value is -0.640. The molecule has 2 N–H and O–H groups in total. The highest BCUT2D eigenvalue weighted by molar-refractivity contribution is 7.80. The summed E-state index contributed by atoms with van der Waals surface area (Å²) in [4.78, 5) is 10.1. The predicted molar refractivity (Wildman–Crippen MR) is 34.0 cm³/mol. The molecule has 0 unspecified atom stereocenters. The van der Waals surface area contributed by atoms with Gasteiger partial charge >= 0.3 is 6.09 Å². The molecular formula is C4H7NO2S. The fourth-order valence-electron chi connectivity index (χ4n) is 0.208. The fraction of sp³-hybridized carbons (Fsp3) is 0.500. The number of carbonyl (C=O) groups is 1. The van der Waals surface area contributed by atoms with Gasteiger partial charge in [0.05, 0.1) is 4.99 Å². The largest absolute Gasteiger partial charge is 0.465 e. The van der Waals surface area contributed by atoms with E-state index in [1.165, 1.54) is 0 Å². The molecule has 0 fully saturated rings. The first kappa shape index (κ1) is 7.36. The van der Waals surface area contributed by atoms with E-state index in [0.29, 0.717) is 11.4 Å². The lowest BCUT2D eigenvalue weighted by atomic mass is 10.5. The van der Waals surface area contributed by atoms with Gasteiger partial charge in [-0.25, -0.2) is 4.79 Å². The molecule has 8 heavy (non-hydrogen) atoms. The van der Waals surface area contributed by atoms with Crippen molar-refractivity contribution in [2.75, 3.05) is 0 Å². The summed E-state index contributed by atoms with van der Waals surface area (Å²) in [6.45, 7) is 1.79. The molecule has 0 bridgehead atoms. The van der Waals surface area contributed by atoms with E-state index in [4.69, 9.17) is 5.11 Å². The number of amides is 1. The summed E-state index contributed by atoms with van der Waals surface area (Å²) in [6, 6.07) is 0. The Balaban J connectivity index is 3.40. The Morgan fingerprint density at radius 2 is 2.38 bits per heavy atom. The molecule has 0 saturated heterocycles. The summed E-state index contributed by atoms with van der Waals surface area (Å²) < 4.78 is 0. The summed E-state index contributed by atoms with van der Waals surface area (Å²) in [7, 11) is 0. The van der Waals surface area contributed by atoms with Crippen molar-refractivity contribution >= 4 is 23.3 Å².